The number of esters is 1. The van der Waals surface area contributed by atoms with Crippen LogP contribution in [0.4, 0.5) is 5.82 Å². The maximum Gasteiger partial charge on any atom is 0.320 e. The van der Waals surface area contributed by atoms with Gasteiger partial charge in [-0.1, -0.05) is 11.6 Å². The molecule has 1 aliphatic heterocycles. The van der Waals surface area contributed by atoms with E-state index in [2.05, 4.69) is 10.3 Å². The summed E-state index contributed by atoms with van der Waals surface area (Å²) < 4.78 is 32.5. The fraction of sp³-hybridized carbons (Fsp3) is 0.588. The van der Waals surface area contributed by atoms with E-state index in [-0.39, 0.29) is 35.3 Å². The van der Waals surface area contributed by atoms with Crippen LogP contribution in [0.15, 0.2) is 10.9 Å². The van der Waals surface area contributed by atoms with E-state index in [1.165, 1.54) is 13.2 Å². The molecule has 0 aromatic carbocycles. The lowest BCUT2D eigenvalue weighted by molar-refractivity contribution is -0.145. The van der Waals surface area contributed by atoms with Gasteiger partial charge in [-0.3, -0.25) is 19.3 Å². The molecular weight excluding hydrogens is 440 g/mol. The van der Waals surface area contributed by atoms with Crippen molar-refractivity contribution >= 4 is 39.1 Å². The number of sulfone groups is 1. The molecule has 1 amide bonds. The summed E-state index contributed by atoms with van der Waals surface area (Å²) in [5, 5.41) is 2.82. The third kappa shape index (κ3) is 6.97. The molecule has 1 aromatic heterocycles. The van der Waals surface area contributed by atoms with Crippen molar-refractivity contribution in [1.82, 2.24) is 15.2 Å². The number of nitrogen functional groups attached to an aromatic ring is 1. The summed E-state index contributed by atoms with van der Waals surface area (Å²) >= 11 is 5.87. The van der Waals surface area contributed by atoms with Crippen molar-refractivity contribution in [3.8, 4) is 0 Å². The van der Waals surface area contributed by atoms with Crippen LogP contribution >= 0.6 is 11.6 Å². The van der Waals surface area contributed by atoms with Crippen LogP contribution in [0.1, 0.15) is 16.8 Å². The van der Waals surface area contributed by atoms with Crippen LogP contribution in [-0.4, -0.2) is 87.7 Å². The number of nitrogens with zero attached hydrogens (tertiary/aromatic N) is 1. The zero-order chi connectivity index (χ0) is 22.5. The van der Waals surface area contributed by atoms with Gasteiger partial charge in [0.25, 0.3) is 11.5 Å². The molecule has 168 valence electrons. The number of piperidine rings is 1. The molecule has 2 heterocycles. The molecule has 1 aromatic rings. The van der Waals surface area contributed by atoms with E-state index in [4.69, 9.17) is 26.8 Å². The molecule has 0 aliphatic carbocycles. The zero-order valence-corrected chi connectivity index (χ0v) is 18.2. The van der Waals surface area contributed by atoms with Gasteiger partial charge in [0.05, 0.1) is 29.5 Å². The molecule has 0 saturated carbocycles. The van der Waals surface area contributed by atoms with Gasteiger partial charge in [-0.2, -0.15) is 0 Å². The highest BCUT2D eigenvalue weighted by molar-refractivity contribution is 7.90. The first-order chi connectivity index (χ1) is 14.0. The Morgan fingerprint density at radius 1 is 1.43 bits per heavy atom. The molecule has 0 radical (unpaired) electrons. The van der Waals surface area contributed by atoms with Crippen molar-refractivity contribution in [3.05, 3.63) is 27.0 Å². The van der Waals surface area contributed by atoms with E-state index in [1.807, 2.05) is 0 Å². The van der Waals surface area contributed by atoms with Crippen LogP contribution in [0.2, 0.25) is 5.02 Å². The van der Waals surface area contributed by atoms with Gasteiger partial charge >= 0.3 is 5.97 Å². The number of halogens is 1. The number of aromatic nitrogens is 1. The Morgan fingerprint density at radius 3 is 2.77 bits per heavy atom. The van der Waals surface area contributed by atoms with E-state index in [1.54, 1.807) is 4.90 Å². The Hall–Kier alpha value is -2.15. The number of methoxy groups -OCH3 is 1. The number of carbonyl (C=O) groups excluding carboxylic acids is 2. The molecule has 13 heteroatoms. The Bertz CT molecular complexity index is 950. The predicted octanol–water partition coefficient (Wildman–Crippen LogP) is -0.983. The maximum absolute atomic E-state index is 12.5. The van der Waals surface area contributed by atoms with Crippen LogP contribution < -0.4 is 16.6 Å². The Balaban J connectivity index is 1.91. The SMILES string of the molecule is CO[C@@H]1CN(CC(=O)OCCS(C)(=O)=O)CC[C@@H]1NC(=O)c1cc(Cl)c(N)[nH]c1=O. The summed E-state index contributed by atoms with van der Waals surface area (Å²) in [5.41, 5.74) is 4.69. The van der Waals surface area contributed by atoms with Crippen molar-refractivity contribution in [1.29, 1.82) is 0 Å². The van der Waals surface area contributed by atoms with E-state index < -0.39 is 39.4 Å². The van der Waals surface area contributed by atoms with Gasteiger partial charge in [-0.25, -0.2) is 8.42 Å². The monoisotopic (exact) mass is 464 g/mol. The van der Waals surface area contributed by atoms with Crippen LogP contribution in [0.5, 0.6) is 0 Å². The summed E-state index contributed by atoms with van der Waals surface area (Å²) in [5.74, 6) is -1.41. The summed E-state index contributed by atoms with van der Waals surface area (Å²) in [7, 11) is -1.73. The first-order valence-electron chi connectivity index (χ1n) is 9.08. The number of nitrogens with two attached hydrogens (primary N) is 1. The number of nitrogens with one attached hydrogen (secondary N) is 2. The fourth-order valence-electron chi connectivity index (χ4n) is 3.00. The Morgan fingerprint density at radius 2 is 2.13 bits per heavy atom. The number of carbonyl (C=O) groups is 2. The third-order valence-electron chi connectivity index (χ3n) is 4.60. The summed E-state index contributed by atoms with van der Waals surface area (Å²) in [6.45, 7) is 0.570. The second kappa shape index (κ2) is 10.2. The minimum atomic E-state index is -3.21. The van der Waals surface area contributed by atoms with E-state index in [0.29, 0.717) is 19.5 Å². The summed E-state index contributed by atoms with van der Waals surface area (Å²) in [6.07, 6.45) is 1.09. The summed E-state index contributed by atoms with van der Waals surface area (Å²) in [6, 6.07) is 0.810. The van der Waals surface area contributed by atoms with Crippen molar-refractivity contribution in [2.24, 2.45) is 0 Å². The van der Waals surface area contributed by atoms with Gasteiger partial charge in [0.2, 0.25) is 0 Å². The lowest BCUT2D eigenvalue weighted by atomic mass is 10.0. The number of aromatic amines is 1. The lowest BCUT2D eigenvalue weighted by Crippen LogP contribution is -2.56. The number of pyridine rings is 1. The van der Waals surface area contributed by atoms with Gasteiger partial charge in [0.1, 0.15) is 18.0 Å². The van der Waals surface area contributed by atoms with Crippen molar-refractivity contribution in [3.63, 3.8) is 0 Å². The molecule has 1 aliphatic rings. The van der Waals surface area contributed by atoms with Gasteiger partial charge in [-0.15, -0.1) is 0 Å². The van der Waals surface area contributed by atoms with Gasteiger partial charge in [0, 0.05) is 26.5 Å². The number of ether oxygens (including phenoxy) is 2. The van der Waals surface area contributed by atoms with Gasteiger partial charge in [-0.05, 0) is 12.5 Å². The smallest absolute Gasteiger partial charge is 0.320 e. The second-order valence-corrected chi connectivity index (χ2v) is 9.67. The van der Waals surface area contributed by atoms with Crippen LogP contribution in [0.3, 0.4) is 0 Å². The highest BCUT2D eigenvalue weighted by atomic mass is 35.5. The molecule has 1 fully saturated rings. The standard InChI is InChI=1S/C17H25ClN4O7S/c1-28-13-8-22(9-14(23)29-5-6-30(2,26)27)4-3-12(13)20-16(24)10-7-11(18)15(19)21-17(10)25/h7,12-13H,3-6,8-9H2,1-2H3,(H,20,24)(H3,19,21,25)/t12-,13+/m0/s1. The first-order valence-corrected chi connectivity index (χ1v) is 11.5. The average molecular weight is 465 g/mol. The number of H-pyrrole nitrogens is 1. The van der Waals surface area contributed by atoms with E-state index in [9.17, 15) is 22.8 Å². The molecule has 0 spiro atoms. The minimum Gasteiger partial charge on any atom is -0.464 e. The Labute approximate surface area is 178 Å². The molecule has 2 rings (SSSR count). The van der Waals surface area contributed by atoms with E-state index in [0.717, 1.165) is 6.26 Å². The molecule has 2 atom stereocenters. The molecule has 0 unspecified atom stereocenters. The van der Waals surface area contributed by atoms with Crippen LogP contribution in [-0.2, 0) is 24.1 Å². The first kappa shape index (κ1) is 24.1. The molecule has 4 N–H and O–H groups in total. The third-order valence-corrected chi connectivity index (χ3v) is 5.82. The quantitative estimate of drug-likeness (QED) is 0.410. The zero-order valence-electron chi connectivity index (χ0n) is 16.6. The lowest BCUT2D eigenvalue weighted by Gasteiger charge is -2.37. The average Bonchev–Trinajstić information content (AvgIpc) is 2.64. The number of amides is 1. The molecule has 30 heavy (non-hydrogen) atoms. The highest BCUT2D eigenvalue weighted by Gasteiger charge is 2.32. The van der Waals surface area contributed by atoms with Gasteiger partial charge < -0.3 is 25.5 Å². The molecule has 1 saturated heterocycles. The second-order valence-electron chi connectivity index (χ2n) is 7.00. The Kier molecular flexibility index (Phi) is 8.24. The number of hydrogen-bond donors (Lipinski definition) is 3. The van der Waals surface area contributed by atoms with Crippen molar-refractivity contribution < 1.29 is 27.5 Å². The summed E-state index contributed by atoms with van der Waals surface area (Å²) in [4.78, 5) is 40.5. The van der Waals surface area contributed by atoms with Crippen molar-refractivity contribution in [2.45, 2.75) is 18.6 Å². The molecular formula is C17H25ClN4O7S. The maximum atomic E-state index is 12.5. The number of anilines is 1. The van der Waals surface area contributed by atoms with E-state index >= 15 is 0 Å². The molecule has 11 nitrogen and oxygen atoms in total. The topological polar surface area (TPSA) is 161 Å². The number of rotatable bonds is 8. The van der Waals surface area contributed by atoms with Crippen molar-refractivity contribution in [2.75, 3.05) is 51.1 Å². The fourth-order valence-corrected chi connectivity index (χ4v) is 3.54. The van der Waals surface area contributed by atoms with Crippen LogP contribution in [0, 0.1) is 0 Å². The normalized spacial score (nSPS) is 20.0. The van der Waals surface area contributed by atoms with Crippen LogP contribution in [0.25, 0.3) is 0 Å². The number of likely N-dealkylation sites (tertiary alicyclic amines) is 1. The molecule has 0 bridgehead atoms. The minimum absolute atomic E-state index is 0.0234. The number of hydrogen-bond acceptors (Lipinski definition) is 9. The largest absolute Gasteiger partial charge is 0.464 e. The highest BCUT2D eigenvalue weighted by Crippen LogP contribution is 2.17. The van der Waals surface area contributed by atoms with Gasteiger partial charge in [0.15, 0.2) is 9.84 Å². The predicted molar refractivity (Wildman–Crippen MR) is 110 cm³/mol.